The Morgan fingerprint density at radius 2 is 2.19 bits per heavy atom. The first-order valence-electron chi connectivity index (χ1n) is 5.50. The number of aromatic nitrogens is 2. The zero-order valence-corrected chi connectivity index (χ0v) is 10.3. The number of hydrogen-bond donors (Lipinski definition) is 1. The number of benzene rings is 1. The maximum absolute atomic E-state index is 6.19. The van der Waals surface area contributed by atoms with Crippen molar-refractivity contribution in [1.82, 2.24) is 9.78 Å². The highest BCUT2D eigenvalue weighted by Crippen LogP contribution is 2.28. The Bertz CT molecular complexity index is 502. The van der Waals surface area contributed by atoms with Crippen molar-refractivity contribution in [3.63, 3.8) is 0 Å². The van der Waals surface area contributed by atoms with Gasteiger partial charge in [-0.25, -0.2) is 0 Å². The van der Waals surface area contributed by atoms with Gasteiger partial charge in [-0.1, -0.05) is 23.7 Å². The summed E-state index contributed by atoms with van der Waals surface area (Å²) >= 11 is 6.19. The van der Waals surface area contributed by atoms with Gasteiger partial charge in [-0.05, 0) is 38.4 Å². The molecule has 16 heavy (non-hydrogen) atoms. The Labute approximate surface area is 100 Å². The summed E-state index contributed by atoms with van der Waals surface area (Å²) in [6, 6.07) is 6.45. The predicted molar refractivity (Wildman–Crippen MR) is 67.9 cm³/mol. The van der Waals surface area contributed by atoms with Crippen molar-refractivity contribution in [1.29, 1.82) is 0 Å². The fraction of sp³-hybridized carbons (Fsp3) is 0.417. The first-order chi connectivity index (χ1) is 7.65. The van der Waals surface area contributed by atoms with Crippen LogP contribution in [0.3, 0.4) is 0 Å². The largest absolute Gasteiger partial charge is 0.330 e. The predicted octanol–water partition coefficient (Wildman–Crippen LogP) is 2.77. The number of halogens is 1. The molecule has 4 heteroatoms. The summed E-state index contributed by atoms with van der Waals surface area (Å²) in [5.74, 6) is 0. The van der Waals surface area contributed by atoms with E-state index in [1.54, 1.807) is 0 Å². The van der Waals surface area contributed by atoms with Crippen molar-refractivity contribution in [2.45, 2.75) is 26.3 Å². The van der Waals surface area contributed by atoms with E-state index in [2.05, 4.69) is 25.0 Å². The van der Waals surface area contributed by atoms with E-state index in [1.165, 1.54) is 5.56 Å². The van der Waals surface area contributed by atoms with E-state index in [-0.39, 0.29) is 0 Å². The second kappa shape index (κ2) is 4.44. The van der Waals surface area contributed by atoms with E-state index in [0.29, 0.717) is 17.7 Å². The molecule has 0 spiro atoms. The van der Waals surface area contributed by atoms with Crippen LogP contribution in [0.1, 0.15) is 25.5 Å². The third-order valence-corrected chi connectivity index (χ3v) is 2.94. The van der Waals surface area contributed by atoms with E-state index in [4.69, 9.17) is 17.3 Å². The third kappa shape index (κ3) is 1.81. The van der Waals surface area contributed by atoms with Crippen LogP contribution in [0.5, 0.6) is 0 Å². The van der Waals surface area contributed by atoms with Gasteiger partial charge in [-0.3, -0.25) is 4.68 Å². The van der Waals surface area contributed by atoms with Gasteiger partial charge in [0, 0.05) is 11.4 Å². The van der Waals surface area contributed by atoms with Crippen molar-refractivity contribution in [3.05, 3.63) is 28.9 Å². The summed E-state index contributed by atoms with van der Waals surface area (Å²) in [6.07, 6.45) is 0.834. The summed E-state index contributed by atoms with van der Waals surface area (Å²) in [5, 5.41) is 5.99. The molecule has 0 saturated heterocycles. The average molecular weight is 238 g/mol. The molecular weight excluding hydrogens is 222 g/mol. The highest BCUT2D eigenvalue weighted by molar-refractivity contribution is 6.34. The third-order valence-electron chi connectivity index (χ3n) is 2.68. The summed E-state index contributed by atoms with van der Waals surface area (Å²) in [7, 11) is 0. The van der Waals surface area contributed by atoms with Gasteiger partial charge in [0.15, 0.2) is 5.15 Å². The molecule has 3 nitrogen and oxygen atoms in total. The van der Waals surface area contributed by atoms with Crippen molar-refractivity contribution >= 4 is 22.5 Å². The molecule has 0 atom stereocenters. The Morgan fingerprint density at radius 1 is 1.44 bits per heavy atom. The van der Waals surface area contributed by atoms with Crippen LogP contribution < -0.4 is 5.73 Å². The molecule has 0 amide bonds. The number of hydrogen-bond acceptors (Lipinski definition) is 2. The Morgan fingerprint density at radius 3 is 2.81 bits per heavy atom. The Hall–Kier alpha value is -1.06. The average Bonchev–Trinajstić information content (AvgIpc) is 2.58. The molecule has 0 unspecified atom stereocenters. The first-order valence-corrected chi connectivity index (χ1v) is 5.88. The Kier molecular flexibility index (Phi) is 3.17. The van der Waals surface area contributed by atoms with Crippen molar-refractivity contribution < 1.29 is 0 Å². The zero-order valence-electron chi connectivity index (χ0n) is 9.57. The van der Waals surface area contributed by atoms with Gasteiger partial charge in [0.05, 0.1) is 5.52 Å². The van der Waals surface area contributed by atoms with Gasteiger partial charge < -0.3 is 5.73 Å². The van der Waals surface area contributed by atoms with Crippen LogP contribution in [0.2, 0.25) is 5.15 Å². The topological polar surface area (TPSA) is 43.8 Å². The molecule has 0 aliphatic carbocycles. The van der Waals surface area contributed by atoms with Gasteiger partial charge in [-0.2, -0.15) is 5.10 Å². The van der Waals surface area contributed by atoms with Gasteiger partial charge in [0.25, 0.3) is 0 Å². The van der Waals surface area contributed by atoms with Crippen LogP contribution in [0.4, 0.5) is 0 Å². The molecular formula is C12H16ClN3. The highest BCUT2D eigenvalue weighted by atomic mass is 35.5. The van der Waals surface area contributed by atoms with E-state index < -0.39 is 0 Å². The highest BCUT2D eigenvalue weighted by Gasteiger charge is 2.13. The molecule has 0 aliphatic heterocycles. The van der Waals surface area contributed by atoms with E-state index in [9.17, 15) is 0 Å². The monoisotopic (exact) mass is 237 g/mol. The smallest absolute Gasteiger partial charge is 0.159 e. The SMILES string of the molecule is CC(C)n1nc(Cl)c2c(CCN)cccc21. The van der Waals surface area contributed by atoms with Crippen LogP contribution in [-0.4, -0.2) is 16.3 Å². The fourth-order valence-corrected chi connectivity index (χ4v) is 2.27. The minimum Gasteiger partial charge on any atom is -0.330 e. The normalized spacial score (nSPS) is 11.6. The maximum Gasteiger partial charge on any atom is 0.159 e. The van der Waals surface area contributed by atoms with Crippen LogP contribution in [0.15, 0.2) is 18.2 Å². The second-order valence-electron chi connectivity index (χ2n) is 4.18. The van der Waals surface area contributed by atoms with Crippen LogP contribution in [0.25, 0.3) is 10.9 Å². The number of nitrogens with zero attached hydrogens (tertiary/aromatic N) is 2. The summed E-state index contributed by atoms with van der Waals surface area (Å²) in [4.78, 5) is 0. The molecule has 1 aromatic heterocycles. The quantitative estimate of drug-likeness (QED) is 0.892. The molecule has 1 heterocycles. The molecule has 0 fully saturated rings. The van der Waals surface area contributed by atoms with Crippen molar-refractivity contribution in [2.24, 2.45) is 5.73 Å². The first kappa shape index (κ1) is 11.4. The summed E-state index contributed by atoms with van der Waals surface area (Å²) < 4.78 is 1.96. The minimum atomic E-state index is 0.308. The fourth-order valence-electron chi connectivity index (χ4n) is 1.97. The molecule has 0 bridgehead atoms. The lowest BCUT2D eigenvalue weighted by Crippen LogP contribution is -2.04. The van der Waals surface area contributed by atoms with Gasteiger partial charge in [0.2, 0.25) is 0 Å². The summed E-state index contributed by atoms with van der Waals surface area (Å²) in [6.45, 7) is 4.82. The maximum atomic E-state index is 6.19. The molecule has 2 aromatic rings. The molecule has 1 aromatic carbocycles. The molecule has 0 aliphatic rings. The number of fused-ring (bicyclic) bond motifs is 1. The van der Waals surface area contributed by atoms with Gasteiger partial charge in [-0.15, -0.1) is 0 Å². The molecule has 0 saturated carbocycles. The lowest BCUT2D eigenvalue weighted by atomic mass is 10.1. The van der Waals surface area contributed by atoms with Crippen molar-refractivity contribution in [3.8, 4) is 0 Å². The van der Waals surface area contributed by atoms with E-state index in [1.807, 2.05) is 16.8 Å². The summed E-state index contributed by atoms with van der Waals surface area (Å²) in [5.41, 5.74) is 7.86. The minimum absolute atomic E-state index is 0.308. The lowest BCUT2D eigenvalue weighted by Gasteiger charge is -2.07. The van der Waals surface area contributed by atoms with E-state index in [0.717, 1.165) is 17.3 Å². The molecule has 2 rings (SSSR count). The van der Waals surface area contributed by atoms with Gasteiger partial charge in [0.1, 0.15) is 0 Å². The molecule has 86 valence electrons. The molecule has 2 N–H and O–H groups in total. The number of rotatable bonds is 3. The van der Waals surface area contributed by atoms with Crippen LogP contribution >= 0.6 is 11.6 Å². The lowest BCUT2D eigenvalue weighted by molar-refractivity contribution is 0.551. The molecule has 0 radical (unpaired) electrons. The van der Waals surface area contributed by atoms with Crippen LogP contribution in [0, 0.1) is 0 Å². The Balaban J connectivity index is 2.69. The van der Waals surface area contributed by atoms with Crippen LogP contribution in [-0.2, 0) is 6.42 Å². The van der Waals surface area contributed by atoms with Gasteiger partial charge >= 0.3 is 0 Å². The standard InChI is InChI=1S/C12H16ClN3/c1-8(2)16-10-5-3-4-9(6-7-14)11(10)12(13)15-16/h3-5,8H,6-7,14H2,1-2H3. The van der Waals surface area contributed by atoms with E-state index >= 15 is 0 Å². The zero-order chi connectivity index (χ0) is 11.7. The van der Waals surface area contributed by atoms with Crippen molar-refractivity contribution in [2.75, 3.05) is 6.54 Å². The number of nitrogens with two attached hydrogens (primary N) is 1. The second-order valence-corrected chi connectivity index (χ2v) is 4.54.